The summed E-state index contributed by atoms with van der Waals surface area (Å²) in [5, 5.41) is 11.9. The van der Waals surface area contributed by atoms with Crippen LogP contribution in [0, 0.1) is 0 Å². The van der Waals surface area contributed by atoms with Crippen LogP contribution < -0.4 is 10.1 Å². The summed E-state index contributed by atoms with van der Waals surface area (Å²) < 4.78 is 5.84. The Kier molecular flexibility index (Phi) is 5.66. The fourth-order valence-corrected chi connectivity index (χ4v) is 2.80. The third-order valence-corrected chi connectivity index (χ3v) is 4.16. The van der Waals surface area contributed by atoms with Crippen LogP contribution in [0.4, 0.5) is 0 Å². The van der Waals surface area contributed by atoms with Crippen LogP contribution in [0.1, 0.15) is 22.7 Å². The van der Waals surface area contributed by atoms with Crippen LogP contribution in [0.15, 0.2) is 78.9 Å². The molecule has 4 nitrogen and oxygen atoms in total. The molecule has 0 heterocycles. The Hall–Kier alpha value is -3.11. The first kappa shape index (κ1) is 17.7. The van der Waals surface area contributed by atoms with Crippen molar-refractivity contribution in [2.75, 3.05) is 7.05 Å². The number of ether oxygens (including phenoxy) is 1. The van der Waals surface area contributed by atoms with Gasteiger partial charge in [-0.25, -0.2) is 0 Å². The molecule has 1 atom stereocenters. The van der Waals surface area contributed by atoms with Crippen LogP contribution in [0.25, 0.3) is 0 Å². The monoisotopic (exact) mass is 347 g/mol. The molecule has 0 spiro atoms. The first-order valence-electron chi connectivity index (χ1n) is 8.46. The normalized spacial score (nSPS) is 11.7. The summed E-state index contributed by atoms with van der Waals surface area (Å²) in [5.74, 6) is 0.512. The fourth-order valence-electron chi connectivity index (χ4n) is 2.80. The predicted molar refractivity (Wildman–Crippen MR) is 102 cm³/mol. The highest BCUT2D eigenvalue weighted by Crippen LogP contribution is 2.24. The molecule has 4 heteroatoms. The van der Waals surface area contributed by atoms with Gasteiger partial charge in [0, 0.05) is 0 Å². The second-order valence-electron chi connectivity index (χ2n) is 6.04. The van der Waals surface area contributed by atoms with E-state index in [1.165, 1.54) is 11.1 Å². The summed E-state index contributed by atoms with van der Waals surface area (Å²) in [4.78, 5) is 11.2. The largest absolute Gasteiger partial charge is 0.480 e. The van der Waals surface area contributed by atoms with Crippen LogP contribution in [0.3, 0.4) is 0 Å². The maximum Gasteiger partial charge on any atom is 0.325 e. The molecule has 3 rings (SSSR count). The summed E-state index contributed by atoms with van der Waals surface area (Å²) in [6, 6.07) is 24.7. The Morgan fingerprint density at radius 3 is 1.96 bits per heavy atom. The molecular formula is C22H21NO3. The second kappa shape index (κ2) is 8.32. The summed E-state index contributed by atoms with van der Waals surface area (Å²) in [5.41, 5.74) is 3.18. The number of benzene rings is 3. The quantitative estimate of drug-likeness (QED) is 0.664. The third kappa shape index (κ3) is 4.49. The molecule has 0 unspecified atom stereocenters. The Bertz CT molecular complexity index is 843. The SMILES string of the molecule is CN[C@@H](C(=O)O)c1ccc(Oc2ccc(Cc3ccccc3)cc2)cc1. The minimum Gasteiger partial charge on any atom is -0.480 e. The van der Waals surface area contributed by atoms with E-state index in [2.05, 4.69) is 29.6 Å². The van der Waals surface area contributed by atoms with Gasteiger partial charge in [-0.3, -0.25) is 4.79 Å². The van der Waals surface area contributed by atoms with Gasteiger partial charge in [-0.05, 0) is 54.4 Å². The van der Waals surface area contributed by atoms with Crippen molar-refractivity contribution in [3.63, 3.8) is 0 Å². The van der Waals surface area contributed by atoms with E-state index in [0.717, 1.165) is 12.2 Å². The number of likely N-dealkylation sites (N-methyl/N-ethyl adjacent to an activating group) is 1. The van der Waals surface area contributed by atoms with Crippen molar-refractivity contribution >= 4 is 5.97 Å². The van der Waals surface area contributed by atoms with Gasteiger partial charge in [0.25, 0.3) is 0 Å². The molecule has 3 aromatic rings. The summed E-state index contributed by atoms with van der Waals surface area (Å²) in [7, 11) is 1.63. The fraction of sp³-hybridized carbons (Fsp3) is 0.136. The van der Waals surface area contributed by atoms with Gasteiger partial charge in [-0.1, -0.05) is 54.6 Å². The minimum atomic E-state index is -0.907. The van der Waals surface area contributed by atoms with Gasteiger partial charge in [-0.2, -0.15) is 0 Å². The first-order valence-corrected chi connectivity index (χ1v) is 8.46. The Balaban J connectivity index is 1.64. The van der Waals surface area contributed by atoms with E-state index < -0.39 is 12.0 Å². The van der Waals surface area contributed by atoms with Crippen LogP contribution in [0.2, 0.25) is 0 Å². The highest BCUT2D eigenvalue weighted by atomic mass is 16.5. The van der Waals surface area contributed by atoms with Gasteiger partial charge >= 0.3 is 5.97 Å². The number of carbonyl (C=O) groups is 1. The number of hydrogen-bond acceptors (Lipinski definition) is 3. The van der Waals surface area contributed by atoms with Crippen LogP contribution in [-0.4, -0.2) is 18.1 Å². The Labute approximate surface area is 153 Å². The molecule has 0 radical (unpaired) electrons. The molecule has 0 aromatic heterocycles. The molecule has 2 N–H and O–H groups in total. The summed E-state index contributed by atoms with van der Waals surface area (Å²) >= 11 is 0. The summed E-state index contributed by atoms with van der Waals surface area (Å²) in [6.07, 6.45) is 0.885. The van der Waals surface area contributed by atoms with E-state index in [0.29, 0.717) is 11.3 Å². The van der Waals surface area contributed by atoms with Gasteiger partial charge in [-0.15, -0.1) is 0 Å². The molecule has 0 amide bonds. The van der Waals surface area contributed by atoms with E-state index >= 15 is 0 Å². The number of hydrogen-bond donors (Lipinski definition) is 2. The van der Waals surface area contributed by atoms with Gasteiger partial charge in [0.2, 0.25) is 0 Å². The van der Waals surface area contributed by atoms with E-state index in [9.17, 15) is 4.79 Å². The molecule has 0 bridgehead atoms. The number of carboxylic acids is 1. The molecule has 0 saturated heterocycles. The lowest BCUT2D eigenvalue weighted by Gasteiger charge is -2.12. The van der Waals surface area contributed by atoms with Gasteiger partial charge in [0.05, 0.1) is 0 Å². The zero-order chi connectivity index (χ0) is 18.4. The van der Waals surface area contributed by atoms with Crippen molar-refractivity contribution < 1.29 is 14.6 Å². The average Bonchev–Trinajstić information content (AvgIpc) is 2.66. The van der Waals surface area contributed by atoms with Crippen LogP contribution in [0.5, 0.6) is 11.5 Å². The van der Waals surface area contributed by atoms with Crippen LogP contribution >= 0.6 is 0 Å². The third-order valence-electron chi connectivity index (χ3n) is 4.16. The first-order chi connectivity index (χ1) is 12.7. The lowest BCUT2D eigenvalue weighted by Crippen LogP contribution is -2.24. The maximum atomic E-state index is 11.2. The number of rotatable bonds is 7. The predicted octanol–water partition coefficient (Wildman–Crippen LogP) is 4.41. The van der Waals surface area contributed by atoms with Crippen molar-refractivity contribution in [2.24, 2.45) is 0 Å². The Morgan fingerprint density at radius 1 is 0.885 bits per heavy atom. The van der Waals surface area contributed by atoms with Gasteiger partial charge in [0.15, 0.2) is 0 Å². The van der Waals surface area contributed by atoms with E-state index in [-0.39, 0.29) is 0 Å². The average molecular weight is 347 g/mol. The van der Waals surface area contributed by atoms with Crippen molar-refractivity contribution in [1.82, 2.24) is 5.32 Å². The Morgan fingerprint density at radius 2 is 1.42 bits per heavy atom. The lowest BCUT2D eigenvalue weighted by atomic mass is 10.1. The molecular weight excluding hydrogens is 326 g/mol. The molecule has 0 aliphatic carbocycles. The van der Waals surface area contributed by atoms with Crippen molar-refractivity contribution in [2.45, 2.75) is 12.5 Å². The molecule has 0 aliphatic heterocycles. The van der Waals surface area contributed by atoms with E-state index in [4.69, 9.17) is 9.84 Å². The molecule has 3 aromatic carbocycles. The number of carboxylic acid groups (broad SMARTS) is 1. The van der Waals surface area contributed by atoms with E-state index in [1.807, 2.05) is 30.3 Å². The van der Waals surface area contributed by atoms with Crippen molar-refractivity contribution in [1.29, 1.82) is 0 Å². The smallest absolute Gasteiger partial charge is 0.325 e. The van der Waals surface area contributed by atoms with Crippen molar-refractivity contribution in [3.8, 4) is 11.5 Å². The maximum absolute atomic E-state index is 11.2. The highest BCUT2D eigenvalue weighted by molar-refractivity contribution is 5.75. The minimum absolute atomic E-state index is 0.671. The number of aliphatic carboxylic acids is 1. The molecule has 0 aliphatic rings. The molecule has 0 fully saturated rings. The van der Waals surface area contributed by atoms with Gasteiger partial charge < -0.3 is 15.2 Å². The van der Waals surface area contributed by atoms with Crippen molar-refractivity contribution in [3.05, 3.63) is 95.6 Å². The van der Waals surface area contributed by atoms with Gasteiger partial charge in [0.1, 0.15) is 17.5 Å². The molecule has 132 valence electrons. The highest BCUT2D eigenvalue weighted by Gasteiger charge is 2.16. The zero-order valence-electron chi connectivity index (χ0n) is 14.6. The van der Waals surface area contributed by atoms with E-state index in [1.54, 1.807) is 31.3 Å². The summed E-state index contributed by atoms with van der Waals surface area (Å²) in [6.45, 7) is 0. The lowest BCUT2D eigenvalue weighted by molar-refractivity contribution is -0.139. The molecule has 0 saturated carbocycles. The zero-order valence-corrected chi connectivity index (χ0v) is 14.6. The standard InChI is InChI=1S/C22H21NO3/c1-23-21(22(24)25)18-9-13-20(14-10-18)26-19-11-7-17(8-12-19)15-16-5-3-2-4-6-16/h2-14,21,23H,15H2,1H3,(H,24,25)/t21-/m1/s1. The van der Waals surface area contributed by atoms with Crippen LogP contribution in [-0.2, 0) is 11.2 Å². The molecule has 26 heavy (non-hydrogen) atoms. The topological polar surface area (TPSA) is 58.6 Å². The second-order valence-corrected chi connectivity index (χ2v) is 6.04. The number of nitrogens with one attached hydrogen (secondary N) is 1.